The van der Waals surface area contributed by atoms with Crippen LogP contribution in [0.4, 0.5) is 0 Å². The number of hydrogen-bond donors (Lipinski definition) is 2. The van der Waals surface area contributed by atoms with E-state index in [1.165, 1.54) is 0 Å². The minimum absolute atomic E-state index is 0.0142. The number of rotatable bonds is 15. The second-order valence-electron chi connectivity index (χ2n) is 14.2. The number of carboxylic acids is 1. The normalized spacial score (nSPS) is 16.1. The molecular weight excluding hydrogens is 711 g/mol. The number of fused-ring (bicyclic) bond motifs is 1. The molecule has 9 nitrogen and oxygen atoms in total. The molecule has 1 fully saturated rings. The second-order valence-corrected chi connectivity index (χ2v) is 15.0. The predicted molar refractivity (Wildman–Crippen MR) is 212 cm³/mol. The third-order valence-corrected chi connectivity index (χ3v) is 10.9. The van der Waals surface area contributed by atoms with E-state index < -0.39 is 5.97 Å². The predicted octanol–water partition coefficient (Wildman–Crippen LogP) is 9.50. The SMILES string of the molecule is CONCc1ccc(-c2cccc(-c3cccc4c3cnn4Cc3cc(OC(C)C)c(CN(C)CC4CCC(C(=O)O)CC4)cc3Cl)c2Cl)cc1OC. The Morgan fingerprint density at radius 2 is 1.68 bits per heavy atom. The number of nitrogens with one attached hydrogen (secondary N) is 1. The van der Waals surface area contributed by atoms with Crippen LogP contribution in [0.3, 0.4) is 0 Å². The zero-order valence-electron chi connectivity index (χ0n) is 31.0. The molecule has 5 aromatic rings. The summed E-state index contributed by atoms with van der Waals surface area (Å²) in [6.45, 7) is 6.60. The Kier molecular flexibility index (Phi) is 12.6. The fourth-order valence-corrected chi connectivity index (χ4v) is 8.01. The van der Waals surface area contributed by atoms with Gasteiger partial charge >= 0.3 is 5.97 Å². The number of ether oxygens (including phenoxy) is 2. The number of carboxylic acid groups (broad SMARTS) is 1. The Balaban J connectivity index is 1.24. The quantitative estimate of drug-likeness (QED) is 0.102. The number of methoxy groups -OCH3 is 1. The van der Waals surface area contributed by atoms with Gasteiger partial charge in [-0.05, 0) is 93.5 Å². The average Bonchev–Trinajstić information content (AvgIpc) is 3.55. The maximum atomic E-state index is 11.4. The molecule has 0 bridgehead atoms. The number of aromatic nitrogens is 2. The van der Waals surface area contributed by atoms with E-state index in [1.54, 1.807) is 14.2 Å². The van der Waals surface area contributed by atoms with Gasteiger partial charge in [-0.3, -0.25) is 9.48 Å². The van der Waals surface area contributed by atoms with E-state index in [-0.39, 0.29) is 12.0 Å². The maximum absolute atomic E-state index is 11.4. The topological polar surface area (TPSA) is 98.1 Å². The number of hydrogen-bond acceptors (Lipinski definition) is 7. The number of carbonyl (C=O) groups is 1. The van der Waals surface area contributed by atoms with Gasteiger partial charge in [-0.15, -0.1) is 0 Å². The molecule has 1 aliphatic carbocycles. The highest BCUT2D eigenvalue weighted by Gasteiger charge is 2.27. The minimum atomic E-state index is -0.670. The lowest BCUT2D eigenvalue weighted by molar-refractivity contribution is -0.143. The molecule has 0 aliphatic heterocycles. The summed E-state index contributed by atoms with van der Waals surface area (Å²) in [5, 5.41) is 16.5. The molecule has 1 aromatic heterocycles. The van der Waals surface area contributed by atoms with Gasteiger partial charge in [-0.1, -0.05) is 65.7 Å². The number of nitrogens with zero attached hydrogens (tertiary/aromatic N) is 3. The third-order valence-electron chi connectivity index (χ3n) is 10.1. The molecule has 53 heavy (non-hydrogen) atoms. The van der Waals surface area contributed by atoms with Crippen molar-refractivity contribution in [3.8, 4) is 33.8 Å². The fraction of sp³-hybridized carbons (Fsp3) is 0.381. The zero-order valence-corrected chi connectivity index (χ0v) is 32.5. The van der Waals surface area contributed by atoms with Crippen LogP contribution in [0.2, 0.25) is 10.0 Å². The summed E-state index contributed by atoms with van der Waals surface area (Å²) in [6, 6.07) is 22.4. The average molecular weight is 760 g/mol. The van der Waals surface area contributed by atoms with Gasteiger partial charge in [0.1, 0.15) is 11.5 Å². The van der Waals surface area contributed by atoms with Crippen LogP contribution in [0.15, 0.2) is 72.9 Å². The number of halogens is 2. The molecule has 0 amide bonds. The molecule has 2 N–H and O–H groups in total. The van der Waals surface area contributed by atoms with Gasteiger partial charge in [-0.2, -0.15) is 10.6 Å². The van der Waals surface area contributed by atoms with Crippen molar-refractivity contribution in [2.75, 3.05) is 27.8 Å². The van der Waals surface area contributed by atoms with Crippen LogP contribution < -0.4 is 15.0 Å². The highest BCUT2D eigenvalue weighted by atomic mass is 35.5. The van der Waals surface area contributed by atoms with Crippen molar-refractivity contribution >= 4 is 40.1 Å². The van der Waals surface area contributed by atoms with E-state index in [0.717, 1.165) is 93.6 Å². The van der Waals surface area contributed by atoms with Crippen molar-refractivity contribution in [1.29, 1.82) is 0 Å². The molecule has 0 spiro atoms. The Morgan fingerprint density at radius 1 is 0.943 bits per heavy atom. The Bertz CT molecular complexity index is 2060. The van der Waals surface area contributed by atoms with E-state index in [2.05, 4.69) is 29.6 Å². The first kappa shape index (κ1) is 38.6. The molecule has 0 atom stereocenters. The van der Waals surface area contributed by atoms with Gasteiger partial charge in [0, 0.05) is 52.3 Å². The van der Waals surface area contributed by atoms with E-state index >= 15 is 0 Å². The molecule has 1 saturated carbocycles. The van der Waals surface area contributed by atoms with Crippen LogP contribution >= 0.6 is 23.2 Å². The van der Waals surface area contributed by atoms with E-state index in [1.807, 2.05) is 79.3 Å². The van der Waals surface area contributed by atoms with Gasteiger partial charge in [-0.25, -0.2) is 0 Å². The summed E-state index contributed by atoms with van der Waals surface area (Å²) in [6.07, 6.45) is 5.24. The zero-order chi connectivity index (χ0) is 37.6. The van der Waals surface area contributed by atoms with Crippen LogP contribution in [-0.2, 0) is 29.3 Å². The largest absolute Gasteiger partial charge is 0.496 e. The molecule has 280 valence electrons. The second kappa shape index (κ2) is 17.3. The smallest absolute Gasteiger partial charge is 0.306 e. The lowest BCUT2D eigenvalue weighted by Gasteiger charge is -2.30. The highest BCUT2D eigenvalue weighted by Crippen LogP contribution is 2.41. The first-order valence-electron chi connectivity index (χ1n) is 18.1. The van der Waals surface area contributed by atoms with Crippen molar-refractivity contribution < 1.29 is 24.2 Å². The van der Waals surface area contributed by atoms with E-state index in [0.29, 0.717) is 35.6 Å². The van der Waals surface area contributed by atoms with E-state index in [9.17, 15) is 9.90 Å². The van der Waals surface area contributed by atoms with E-state index in [4.69, 9.17) is 42.6 Å². The number of aliphatic carboxylic acids is 1. The third kappa shape index (κ3) is 8.99. The first-order chi connectivity index (χ1) is 25.6. The van der Waals surface area contributed by atoms with Gasteiger partial charge < -0.3 is 24.3 Å². The van der Waals surface area contributed by atoms with Crippen molar-refractivity contribution in [2.24, 2.45) is 11.8 Å². The maximum Gasteiger partial charge on any atom is 0.306 e. The summed E-state index contributed by atoms with van der Waals surface area (Å²) in [5.41, 5.74) is 10.5. The minimum Gasteiger partial charge on any atom is -0.496 e. The Hall–Kier alpha value is -4.12. The van der Waals surface area contributed by atoms with Crippen molar-refractivity contribution in [2.45, 2.75) is 65.3 Å². The van der Waals surface area contributed by atoms with Crippen molar-refractivity contribution in [3.05, 3.63) is 99.7 Å². The highest BCUT2D eigenvalue weighted by molar-refractivity contribution is 6.36. The molecule has 0 unspecified atom stereocenters. The Labute approximate surface area is 321 Å². The van der Waals surface area contributed by atoms with Gasteiger partial charge in [0.2, 0.25) is 0 Å². The molecule has 4 aromatic carbocycles. The molecule has 6 rings (SSSR count). The molecule has 0 saturated heterocycles. The standard InChI is InChI=1S/C42H48Cl2N4O5/c1-26(2)53-40-20-31(37(43)18-32(40)24-47(3)23-27-12-14-28(15-13-27)42(49)50)25-48-38-11-7-9-34(36(38)22-45-48)35-10-6-8-33(41(35)44)29-16-17-30(21-46-52-5)39(19-29)51-4/h6-11,16-20,22,26-28,46H,12-15,21,23-25H2,1-5H3,(H,49,50). The summed E-state index contributed by atoms with van der Waals surface area (Å²) in [7, 11) is 5.35. The Morgan fingerprint density at radius 3 is 2.40 bits per heavy atom. The van der Waals surface area contributed by atoms with Crippen molar-refractivity contribution in [3.63, 3.8) is 0 Å². The number of benzene rings is 4. The van der Waals surface area contributed by atoms with Crippen molar-refractivity contribution in [1.82, 2.24) is 20.2 Å². The first-order valence-corrected chi connectivity index (χ1v) is 18.9. The van der Waals surface area contributed by atoms with Gasteiger partial charge in [0.05, 0.1) is 49.5 Å². The summed E-state index contributed by atoms with van der Waals surface area (Å²) >= 11 is 14.2. The lowest BCUT2D eigenvalue weighted by atomic mass is 9.82. The molecule has 1 heterocycles. The van der Waals surface area contributed by atoms with Gasteiger partial charge in [0.25, 0.3) is 0 Å². The van der Waals surface area contributed by atoms with Crippen LogP contribution in [0.5, 0.6) is 11.5 Å². The molecule has 0 radical (unpaired) electrons. The lowest BCUT2D eigenvalue weighted by Crippen LogP contribution is -2.30. The van der Waals surface area contributed by atoms with Crippen LogP contribution in [0.1, 0.15) is 56.2 Å². The van der Waals surface area contributed by atoms with Gasteiger partial charge in [0.15, 0.2) is 0 Å². The fourth-order valence-electron chi connectivity index (χ4n) is 7.43. The monoisotopic (exact) mass is 758 g/mol. The summed E-state index contributed by atoms with van der Waals surface area (Å²) < 4.78 is 14.0. The summed E-state index contributed by atoms with van der Waals surface area (Å²) in [4.78, 5) is 18.7. The molecule has 1 aliphatic rings. The van der Waals surface area contributed by atoms with Crippen LogP contribution in [0, 0.1) is 11.8 Å². The van der Waals surface area contributed by atoms with Crippen LogP contribution in [0.25, 0.3) is 33.2 Å². The molecular formula is C42H48Cl2N4O5. The number of hydroxylamine groups is 1. The molecule has 11 heteroatoms. The van der Waals surface area contributed by atoms with Crippen LogP contribution in [-0.4, -0.2) is 59.7 Å². The summed E-state index contributed by atoms with van der Waals surface area (Å²) in [5.74, 6) is 1.15.